The Labute approximate surface area is 77.3 Å². The minimum atomic E-state index is 0.407. The van der Waals surface area contributed by atoms with E-state index in [1.54, 1.807) is 6.07 Å². The Kier molecular flexibility index (Phi) is 1.96. The second kappa shape index (κ2) is 3.12. The molecular weight excluding hydrogens is 164 g/mol. The highest BCUT2D eigenvalue weighted by Crippen LogP contribution is 2.23. The Hall–Kier alpha value is -1.45. The Morgan fingerprint density at radius 1 is 1.31 bits per heavy atom. The Morgan fingerprint density at radius 2 is 2.08 bits per heavy atom. The lowest BCUT2D eigenvalue weighted by atomic mass is 9.93. The number of anilines is 3. The first-order chi connectivity index (χ1) is 6.25. The van der Waals surface area contributed by atoms with Crippen LogP contribution in [-0.4, -0.2) is 11.0 Å². The fraction of sp³-hybridized carbons (Fsp3) is 0.444. The number of pyridine rings is 1. The Morgan fingerprint density at radius 3 is 2.62 bits per heavy atom. The van der Waals surface area contributed by atoms with Crippen molar-refractivity contribution in [2.45, 2.75) is 25.3 Å². The van der Waals surface area contributed by atoms with Crippen LogP contribution in [0.5, 0.6) is 0 Å². The van der Waals surface area contributed by atoms with Gasteiger partial charge in [-0.3, -0.25) is 0 Å². The van der Waals surface area contributed by atoms with Crippen molar-refractivity contribution in [1.29, 1.82) is 0 Å². The van der Waals surface area contributed by atoms with Gasteiger partial charge in [-0.25, -0.2) is 4.98 Å². The maximum atomic E-state index is 5.58. The lowest BCUT2D eigenvalue weighted by Gasteiger charge is -2.26. The second-order valence-electron chi connectivity index (χ2n) is 3.44. The molecule has 1 saturated carbocycles. The summed E-state index contributed by atoms with van der Waals surface area (Å²) < 4.78 is 0. The standard InChI is InChI=1S/C9H14N4/c10-7-4-5-8(13-9(7)11)12-6-2-1-3-6/h4-6H,1-3,10H2,(H3,11,12,13). The number of nitrogen functional groups attached to an aromatic ring is 2. The van der Waals surface area contributed by atoms with Gasteiger partial charge in [-0.15, -0.1) is 0 Å². The van der Waals surface area contributed by atoms with E-state index >= 15 is 0 Å². The number of nitrogens with two attached hydrogens (primary N) is 2. The molecule has 0 spiro atoms. The van der Waals surface area contributed by atoms with Gasteiger partial charge in [-0.05, 0) is 31.4 Å². The first-order valence-electron chi connectivity index (χ1n) is 4.54. The zero-order chi connectivity index (χ0) is 9.26. The van der Waals surface area contributed by atoms with Crippen LogP contribution >= 0.6 is 0 Å². The van der Waals surface area contributed by atoms with E-state index in [0.29, 0.717) is 17.5 Å². The number of nitrogens with one attached hydrogen (secondary N) is 1. The quantitative estimate of drug-likeness (QED) is 0.636. The van der Waals surface area contributed by atoms with Crippen LogP contribution in [0.25, 0.3) is 0 Å². The van der Waals surface area contributed by atoms with Crippen LogP contribution in [0.15, 0.2) is 12.1 Å². The smallest absolute Gasteiger partial charge is 0.149 e. The van der Waals surface area contributed by atoms with Crippen molar-refractivity contribution in [3.8, 4) is 0 Å². The Balaban J connectivity index is 2.07. The predicted octanol–water partition coefficient (Wildman–Crippen LogP) is 1.21. The van der Waals surface area contributed by atoms with Crippen LogP contribution in [0.2, 0.25) is 0 Å². The average molecular weight is 178 g/mol. The summed E-state index contributed by atoms with van der Waals surface area (Å²) in [5, 5.41) is 3.30. The molecule has 0 radical (unpaired) electrons. The van der Waals surface area contributed by atoms with Crippen LogP contribution in [0, 0.1) is 0 Å². The molecule has 0 aliphatic heterocycles. The van der Waals surface area contributed by atoms with Crippen LogP contribution in [0.1, 0.15) is 19.3 Å². The van der Waals surface area contributed by atoms with Crippen LogP contribution in [-0.2, 0) is 0 Å². The summed E-state index contributed by atoms with van der Waals surface area (Å²) >= 11 is 0. The normalized spacial score (nSPS) is 16.6. The SMILES string of the molecule is Nc1ccc(NC2CCC2)nc1N. The highest BCUT2D eigenvalue weighted by molar-refractivity contribution is 5.61. The molecule has 0 bridgehead atoms. The van der Waals surface area contributed by atoms with Crippen LogP contribution in [0.3, 0.4) is 0 Å². The Bertz CT molecular complexity index is 306. The topological polar surface area (TPSA) is 77.0 Å². The highest BCUT2D eigenvalue weighted by atomic mass is 15.0. The van der Waals surface area contributed by atoms with Crippen molar-refractivity contribution in [2.24, 2.45) is 0 Å². The van der Waals surface area contributed by atoms with E-state index in [0.717, 1.165) is 5.82 Å². The van der Waals surface area contributed by atoms with Gasteiger partial charge in [0.25, 0.3) is 0 Å². The third-order valence-electron chi connectivity index (χ3n) is 2.41. The predicted molar refractivity (Wildman–Crippen MR) is 54.3 cm³/mol. The molecule has 1 aromatic heterocycles. The molecule has 1 aliphatic carbocycles. The summed E-state index contributed by atoms with van der Waals surface area (Å²) in [5.41, 5.74) is 11.7. The van der Waals surface area contributed by atoms with E-state index < -0.39 is 0 Å². The number of aromatic nitrogens is 1. The monoisotopic (exact) mass is 178 g/mol. The van der Waals surface area contributed by atoms with Gasteiger partial charge in [0, 0.05) is 6.04 Å². The lowest BCUT2D eigenvalue weighted by molar-refractivity contribution is 0.444. The second-order valence-corrected chi connectivity index (χ2v) is 3.44. The molecule has 0 amide bonds. The van der Waals surface area contributed by atoms with Crippen LogP contribution < -0.4 is 16.8 Å². The number of hydrogen-bond donors (Lipinski definition) is 3. The van der Waals surface area contributed by atoms with Gasteiger partial charge >= 0.3 is 0 Å². The van der Waals surface area contributed by atoms with Crippen molar-refractivity contribution < 1.29 is 0 Å². The summed E-state index contributed by atoms with van der Waals surface area (Å²) in [5.74, 6) is 1.24. The van der Waals surface area contributed by atoms with Gasteiger partial charge in [-0.1, -0.05) is 0 Å². The number of rotatable bonds is 2. The van der Waals surface area contributed by atoms with E-state index in [2.05, 4.69) is 10.3 Å². The van der Waals surface area contributed by atoms with Gasteiger partial charge in [0.05, 0.1) is 5.69 Å². The van der Waals surface area contributed by atoms with Crippen molar-refractivity contribution in [2.75, 3.05) is 16.8 Å². The molecule has 13 heavy (non-hydrogen) atoms. The third-order valence-corrected chi connectivity index (χ3v) is 2.41. The molecule has 1 aliphatic rings. The van der Waals surface area contributed by atoms with Crippen molar-refractivity contribution in [1.82, 2.24) is 4.98 Å². The summed E-state index contributed by atoms with van der Waals surface area (Å²) in [6.45, 7) is 0. The van der Waals surface area contributed by atoms with Crippen LogP contribution in [0.4, 0.5) is 17.3 Å². The van der Waals surface area contributed by atoms with Gasteiger partial charge in [0.15, 0.2) is 0 Å². The van der Waals surface area contributed by atoms with Crippen molar-refractivity contribution in [3.05, 3.63) is 12.1 Å². The molecule has 1 aromatic rings. The number of hydrogen-bond acceptors (Lipinski definition) is 4. The number of nitrogens with zero attached hydrogens (tertiary/aromatic N) is 1. The van der Waals surface area contributed by atoms with Crippen molar-refractivity contribution >= 4 is 17.3 Å². The summed E-state index contributed by atoms with van der Waals surface area (Å²) in [6.07, 6.45) is 3.76. The third kappa shape index (κ3) is 1.66. The molecule has 70 valence electrons. The van der Waals surface area contributed by atoms with E-state index in [9.17, 15) is 0 Å². The molecule has 5 N–H and O–H groups in total. The maximum Gasteiger partial charge on any atom is 0.149 e. The minimum absolute atomic E-state index is 0.407. The fourth-order valence-electron chi connectivity index (χ4n) is 1.33. The van der Waals surface area contributed by atoms with E-state index in [4.69, 9.17) is 11.5 Å². The molecule has 0 saturated heterocycles. The summed E-state index contributed by atoms with van der Waals surface area (Å²) in [6, 6.07) is 4.23. The van der Waals surface area contributed by atoms with Gasteiger partial charge < -0.3 is 16.8 Å². The molecule has 0 aromatic carbocycles. The van der Waals surface area contributed by atoms with E-state index in [-0.39, 0.29) is 0 Å². The van der Waals surface area contributed by atoms with Crippen molar-refractivity contribution in [3.63, 3.8) is 0 Å². The highest BCUT2D eigenvalue weighted by Gasteiger charge is 2.17. The van der Waals surface area contributed by atoms with E-state index in [1.165, 1.54) is 19.3 Å². The molecule has 4 nitrogen and oxygen atoms in total. The fourth-order valence-corrected chi connectivity index (χ4v) is 1.33. The minimum Gasteiger partial charge on any atom is -0.396 e. The molecule has 0 atom stereocenters. The van der Waals surface area contributed by atoms with E-state index in [1.807, 2.05) is 6.07 Å². The average Bonchev–Trinajstić information content (AvgIpc) is 2.04. The van der Waals surface area contributed by atoms with Gasteiger partial charge in [0.2, 0.25) is 0 Å². The molecular formula is C9H14N4. The zero-order valence-electron chi connectivity index (χ0n) is 7.46. The van der Waals surface area contributed by atoms with Gasteiger partial charge in [0.1, 0.15) is 11.6 Å². The van der Waals surface area contributed by atoms with Gasteiger partial charge in [-0.2, -0.15) is 0 Å². The first kappa shape index (κ1) is 8.16. The largest absolute Gasteiger partial charge is 0.396 e. The molecule has 0 unspecified atom stereocenters. The molecule has 4 heteroatoms. The lowest BCUT2D eigenvalue weighted by Crippen LogP contribution is -2.27. The summed E-state index contributed by atoms with van der Waals surface area (Å²) in [7, 11) is 0. The maximum absolute atomic E-state index is 5.58. The first-order valence-corrected chi connectivity index (χ1v) is 4.54. The summed E-state index contributed by atoms with van der Waals surface area (Å²) in [4.78, 5) is 4.14. The zero-order valence-corrected chi connectivity index (χ0v) is 7.46. The molecule has 1 heterocycles. The molecule has 2 rings (SSSR count). The molecule has 1 fully saturated rings.